The molecule has 0 radical (unpaired) electrons. The fourth-order valence-corrected chi connectivity index (χ4v) is 3.45. The summed E-state index contributed by atoms with van der Waals surface area (Å²) >= 11 is 5.79. The first-order chi connectivity index (χ1) is 8.22. The summed E-state index contributed by atoms with van der Waals surface area (Å²) in [7, 11) is 0. The van der Waals surface area contributed by atoms with Crippen LogP contribution in [0.3, 0.4) is 0 Å². The maximum atomic E-state index is 12.1. The third-order valence-electron chi connectivity index (χ3n) is 4.07. The molecule has 3 rings (SSSR count). The van der Waals surface area contributed by atoms with Crippen LogP contribution in [0.2, 0.25) is 5.15 Å². The average molecular weight is 251 g/mol. The standard InChI is InChI=1S/C13H15ClN2O/c14-12-7-10(3-4-15-12)16-13(17)11-6-8-1-2-9(11)5-8/h3-4,7-9,11H,1-2,5-6H2,(H,15,16,17)/t8-,9-,11-/m0/s1. The molecule has 17 heavy (non-hydrogen) atoms. The predicted molar refractivity (Wildman–Crippen MR) is 66.8 cm³/mol. The lowest BCUT2D eigenvalue weighted by Crippen LogP contribution is -2.27. The molecule has 2 aliphatic rings. The Labute approximate surface area is 106 Å². The average Bonchev–Trinajstić information content (AvgIpc) is 2.90. The van der Waals surface area contributed by atoms with Gasteiger partial charge in [-0.2, -0.15) is 0 Å². The molecule has 1 amide bonds. The van der Waals surface area contributed by atoms with E-state index in [1.807, 2.05) is 0 Å². The molecular formula is C13H15ClN2O. The topological polar surface area (TPSA) is 42.0 Å². The Hall–Kier alpha value is -1.09. The first kappa shape index (κ1) is 11.0. The summed E-state index contributed by atoms with van der Waals surface area (Å²) in [6.07, 6.45) is 6.46. The van der Waals surface area contributed by atoms with Crippen molar-refractivity contribution in [3.63, 3.8) is 0 Å². The van der Waals surface area contributed by atoms with Crippen molar-refractivity contribution in [3.05, 3.63) is 23.5 Å². The zero-order valence-corrected chi connectivity index (χ0v) is 10.3. The number of carbonyl (C=O) groups is 1. The highest BCUT2D eigenvalue weighted by Crippen LogP contribution is 2.48. The van der Waals surface area contributed by atoms with Crippen LogP contribution in [0.25, 0.3) is 0 Å². The number of aromatic nitrogens is 1. The maximum Gasteiger partial charge on any atom is 0.227 e. The number of pyridine rings is 1. The highest BCUT2D eigenvalue weighted by molar-refractivity contribution is 6.29. The maximum absolute atomic E-state index is 12.1. The largest absolute Gasteiger partial charge is 0.326 e. The zero-order chi connectivity index (χ0) is 11.8. The summed E-state index contributed by atoms with van der Waals surface area (Å²) < 4.78 is 0. The van der Waals surface area contributed by atoms with Crippen LogP contribution in [0.15, 0.2) is 18.3 Å². The van der Waals surface area contributed by atoms with E-state index in [0.717, 1.165) is 18.0 Å². The fourth-order valence-electron chi connectivity index (χ4n) is 3.28. The van der Waals surface area contributed by atoms with Gasteiger partial charge in [-0.1, -0.05) is 18.0 Å². The predicted octanol–water partition coefficient (Wildman–Crippen LogP) is 3.11. The van der Waals surface area contributed by atoms with E-state index in [2.05, 4.69) is 10.3 Å². The molecule has 3 atom stereocenters. The normalized spacial score (nSPS) is 30.5. The van der Waals surface area contributed by atoms with Crippen molar-refractivity contribution in [2.75, 3.05) is 5.32 Å². The second-order valence-electron chi connectivity index (χ2n) is 5.14. The molecule has 0 aliphatic heterocycles. The minimum Gasteiger partial charge on any atom is -0.326 e. The lowest BCUT2D eigenvalue weighted by Gasteiger charge is -2.20. The molecule has 0 spiro atoms. The van der Waals surface area contributed by atoms with Gasteiger partial charge in [-0.15, -0.1) is 0 Å². The lowest BCUT2D eigenvalue weighted by molar-refractivity contribution is -0.121. The second kappa shape index (κ2) is 4.30. The van der Waals surface area contributed by atoms with E-state index in [9.17, 15) is 4.79 Å². The first-order valence-corrected chi connectivity index (χ1v) is 6.52. The van der Waals surface area contributed by atoms with Crippen LogP contribution < -0.4 is 5.32 Å². The van der Waals surface area contributed by atoms with Crippen molar-refractivity contribution in [3.8, 4) is 0 Å². The molecule has 0 aromatic carbocycles. The molecule has 2 saturated carbocycles. The molecule has 90 valence electrons. The summed E-state index contributed by atoms with van der Waals surface area (Å²) in [4.78, 5) is 16.0. The van der Waals surface area contributed by atoms with Crippen LogP contribution in [-0.2, 0) is 4.79 Å². The summed E-state index contributed by atoms with van der Waals surface area (Å²) in [5.41, 5.74) is 0.748. The van der Waals surface area contributed by atoms with Gasteiger partial charge >= 0.3 is 0 Å². The van der Waals surface area contributed by atoms with Gasteiger partial charge in [0.2, 0.25) is 5.91 Å². The highest BCUT2D eigenvalue weighted by Gasteiger charge is 2.42. The van der Waals surface area contributed by atoms with Gasteiger partial charge < -0.3 is 5.32 Å². The number of carbonyl (C=O) groups excluding carboxylic acids is 1. The molecule has 2 fully saturated rings. The molecule has 2 bridgehead atoms. The summed E-state index contributed by atoms with van der Waals surface area (Å²) in [6.45, 7) is 0. The molecule has 1 aromatic heterocycles. The van der Waals surface area contributed by atoms with Crippen molar-refractivity contribution in [2.24, 2.45) is 17.8 Å². The Kier molecular flexibility index (Phi) is 2.79. The van der Waals surface area contributed by atoms with E-state index >= 15 is 0 Å². The van der Waals surface area contributed by atoms with E-state index in [1.54, 1.807) is 18.3 Å². The monoisotopic (exact) mass is 250 g/mol. The third kappa shape index (κ3) is 2.16. The molecule has 3 nitrogen and oxygen atoms in total. The Morgan fingerprint density at radius 2 is 2.29 bits per heavy atom. The van der Waals surface area contributed by atoms with E-state index in [1.165, 1.54) is 19.3 Å². The van der Waals surface area contributed by atoms with Gasteiger partial charge in [0.15, 0.2) is 0 Å². The van der Waals surface area contributed by atoms with Crippen LogP contribution in [0.4, 0.5) is 5.69 Å². The number of nitrogens with one attached hydrogen (secondary N) is 1. The molecule has 0 saturated heterocycles. The molecule has 1 heterocycles. The van der Waals surface area contributed by atoms with Gasteiger partial charge in [-0.05, 0) is 43.2 Å². The van der Waals surface area contributed by atoms with Gasteiger partial charge in [-0.25, -0.2) is 4.98 Å². The summed E-state index contributed by atoms with van der Waals surface area (Å²) in [6, 6.07) is 3.46. The van der Waals surface area contributed by atoms with Crippen LogP contribution in [0.5, 0.6) is 0 Å². The van der Waals surface area contributed by atoms with Gasteiger partial charge in [0.1, 0.15) is 5.15 Å². The van der Waals surface area contributed by atoms with Crippen LogP contribution in [0.1, 0.15) is 25.7 Å². The van der Waals surface area contributed by atoms with Gasteiger partial charge in [0, 0.05) is 17.8 Å². The highest BCUT2D eigenvalue weighted by atomic mass is 35.5. The number of nitrogens with zero attached hydrogens (tertiary/aromatic N) is 1. The van der Waals surface area contributed by atoms with Crippen LogP contribution >= 0.6 is 11.6 Å². The minimum atomic E-state index is 0.152. The quantitative estimate of drug-likeness (QED) is 0.820. The van der Waals surface area contributed by atoms with Crippen molar-refractivity contribution in [2.45, 2.75) is 25.7 Å². The molecule has 0 unspecified atom stereocenters. The number of fused-ring (bicyclic) bond motifs is 2. The van der Waals surface area contributed by atoms with Gasteiger partial charge in [0.05, 0.1) is 0 Å². The van der Waals surface area contributed by atoms with E-state index in [-0.39, 0.29) is 11.8 Å². The molecule has 1 N–H and O–H groups in total. The summed E-state index contributed by atoms with van der Waals surface area (Å²) in [5.74, 6) is 1.76. The first-order valence-electron chi connectivity index (χ1n) is 6.15. The van der Waals surface area contributed by atoms with Crippen molar-refractivity contribution in [1.82, 2.24) is 4.98 Å². The van der Waals surface area contributed by atoms with Crippen molar-refractivity contribution < 1.29 is 4.79 Å². The van der Waals surface area contributed by atoms with Gasteiger partial charge in [0.25, 0.3) is 0 Å². The van der Waals surface area contributed by atoms with Crippen LogP contribution in [-0.4, -0.2) is 10.9 Å². The number of halogens is 1. The lowest BCUT2D eigenvalue weighted by atomic mass is 9.88. The number of hydrogen-bond acceptors (Lipinski definition) is 2. The molecule has 1 aromatic rings. The Morgan fingerprint density at radius 1 is 1.41 bits per heavy atom. The smallest absolute Gasteiger partial charge is 0.227 e. The number of hydrogen-bond donors (Lipinski definition) is 1. The SMILES string of the molecule is O=C(Nc1ccnc(Cl)c1)[C@H]1C[C@H]2CC[C@H]1C2. The fraction of sp³-hybridized carbons (Fsp3) is 0.538. The van der Waals surface area contributed by atoms with E-state index < -0.39 is 0 Å². The minimum absolute atomic E-state index is 0.152. The molecule has 4 heteroatoms. The second-order valence-corrected chi connectivity index (χ2v) is 5.53. The number of amides is 1. The summed E-state index contributed by atoms with van der Waals surface area (Å²) in [5, 5.41) is 3.36. The van der Waals surface area contributed by atoms with Crippen molar-refractivity contribution >= 4 is 23.2 Å². The van der Waals surface area contributed by atoms with Crippen molar-refractivity contribution in [1.29, 1.82) is 0 Å². The van der Waals surface area contributed by atoms with Gasteiger partial charge in [-0.3, -0.25) is 4.79 Å². The van der Waals surface area contributed by atoms with E-state index in [4.69, 9.17) is 11.6 Å². The van der Waals surface area contributed by atoms with E-state index in [0.29, 0.717) is 11.1 Å². The zero-order valence-electron chi connectivity index (χ0n) is 9.53. The Morgan fingerprint density at radius 3 is 2.94 bits per heavy atom. The Balaban J connectivity index is 1.68. The number of rotatable bonds is 2. The molecule has 2 aliphatic carbocycles. The Bertz CT molecular complexity index is 449. The third-order valence-corrected chi connectivity index (χ3v) is 4.28. The van der Waals surface area contributed by atoms with Crippen LogP contribution in [0, 0.1) is 17.8 Å². The molecular weight excluding hydrogens is 236 g/mol. The number of anilines is 1.